The van der Waals surface area contributed by atoms with Gasteiger partial charge in [0.2, 0.25) is 29.5 Å². The lowest BCUT2D eigenvalue weighted by Crippen LogP contribution is -2.37. The van der Waals surface area contributed by atoms with Crippen LogP contribution in [-0.4, -0.2) is 65.8 Å². The van der Waals surface area contributed by atoms with Gasteiger partial charge in [-0.1, -0.05) is 42.0 Å². The summed E-state index contributed by atoms with van der Waals surface area (Å²) in [6.07, 6.45) is -17.1. The van der Waals surface area contributed by atoms with Crippen molar-refractivity contribution < 1.29 is 87.7 Å². The van der Waals surface area contributed by atoms with Gasteiger partial charge in [-0.05, 0) is 141 Å². The van der Waals surface area contributed by atoms with Crippen LogP contribution < -0.4 is 58.7 Å². The van der Waals surface area contributed by atoms with Crippen LogP contribution in [0.15, 0.2) is 127 Å². The zero-order valence-corrected chi connectivity index (χ0v) is 52.1. The Hall–Kier alpha value is -11.2. The van der Waals surface area contributed by atoms with Crippen molar-refractivity contribution in [2.24, 2.45) is 11.5 Å². The van der Waals surface area contributed by atoms with Crippen LogP contribution in [0.3, 0.4) is 0 Å². The molecular formula is C67H62F9N11O10. The summed E-state index contributed by atoms with van der Waals surface area (Å²) in [4.78, 5) is 105. The van der Waals surface area contributed by atoms with Crippen molar-refractivity contribution in [2.45, 2.75) is 97.6 Å². The molecule has 0 spiro atoms. The third-order valence-electron chi connectivity index (χ3n) is 15.8. The van der Waals surface area contributed by atoms with E-state index in [1.165, 1.54) is 73.3 Å². The number of ether oxygens (including phenoxy) is 1. The molecule has 0 bridgehead atoms. The molecule has 0 saturated heterocycles. The van der Waals surface area contributed by atoms with Crippen LogP contribution in [0.25, 0.3) is 16.7 Å². The molecule has 3 aliphatic rings. The Morgan fingerprint density at radius 2 is 1.11 bits per heavy atom. The van der Waals surface area contributed by atoms with E-state index in [1.54, 1.807) is 32.0 Å². The van der Waals surface area contributed by atoms with Crippen LogP contribution in [-0.2, 0) is 74.5 Å². The SMILES string of the molecule is C/C(NNC(=O)CCC(=O)O)=C1/COCN(c2ccc(Cc3cc4c(cc3C(F)(F)F)N(c3cc(C)cc(Cc5cc(C(F)(F)F)cc6c5/C(=C(\C)NNC(=O)CCC(N)=O)C(=O)N6c5ccc(C)cc5)c3)C(=O)/C4=C\NNC(=O)CCC(N)=O)cc2)c2cc(C(F)(F)F)ccc21. The average molecular weight is 1350 g/mol. The Bertz CT molecular complexity index is 4280. The van der Waals surface area contributed by atoms with Crippen molar-refractivity contribution in [1.29, 1.82) is 0 Å². The minimum absolute atomic E-state index is 0.000791. The number of anilines is 6. The number of aliphatic carboxylic acids is 1. The number of allylic oxidation sites excluding steroid dienone is 2. The number of hydrogen-bond donors (Lipinski definition) is 9. The number of amides is 7. The lowest BCUT2D eigenvalue weighted by atomic mass is 9.91. The van der Waals surface area contributed by atoms with Crippen molar-refractivity contribution in [3.05, 3.63) is 194 Å². The molecule has 0 aromatic heterocycles. The smallest absolute Gasteiger partial charge is 0.416 e. The topological polar surface area (TPSA) is 300 Å². The molecule has 6 aromatic carbocycles. The Morgan fingerprint density at radius 1 is 0.536 bits per heavy atom. The third-order valence-corrected chi connectivity index (χ3v) is 15.8. The van der Waals surface area contributed by atoms with Gasteiger partial charge in [-0.3, -0.25) is 64.4 Å². The third kappa shape index (κ3) is 16.3. The van der Waals surface area contributed by atoms with Gasteiger partial charge in [-0.15, -0.1) is 0 Å². The van der Waals surface area contributed by atoms with Gasteiger partial charge >= 0.3 is 24.5 Å². The fraction of sp³-hybridized carbons (Fsp3) is 0.254. The normalized spacial score (nSPS) is 15.3. The summed E-state index contributed by atoms with van der Waals surface area (Å²) in [6.45, 7) is 5.68. The van der Waals surface area contributed by atoms with Gasteiger partial charge < -0.3 is 42.5 Å². The summed E-state index contributed by atoms with van der Waals surface area (Å²) in [5, 5.41) is 8.98. The first-order valence-electron chi connectivity index (χ1n) is 29.7. The predicted molar refractivity (Wildman–Crippen MR) is 337 cm³/mol. The molecule has 3 aliphatic heterocycles. The fourth-order valence-electron chi connectivity index (χ4n) is 11.2. The number of hydrazine groups is 3. The van der Waals surface area contributed by atoms with Gasteiger partial charge in [0.25, 0.3) is 11.8 Å². The summed E-state index contributed by atoms with van der Waals surface area (Å²) >= 11 is 0. The highest BCUT2D eigenvalue weighted by atomic mass is 19.4. The Labute approximate surface area is 547 Å². The standard InChI is InChI=1S/C67H62F9N11O10/c1-34-5-10-45(11-6-34)86-54-29-43(66(71,72)73)26-41(62(54)61(64(86)96)37(4)81-84-58(91)18-16-56(78)89)24-39-21-35(2)22-46(25-39)87-53-30-51(67(74,75)76)40(27-48(53)49(63(87)95)31-79-82-57(90)17-15-55(77)88)23-38-7-12-44(13-8-38)85-33-97-32-50(36(3)80-83-59(92)19-20-60(93)94)47-14-9-42(28-52(47)85)65(68,69)70/h5-14,21-22,25-31,79-81H,15-20,23-24,32-33H2,1-4H3,(H2,77,88)(H2,78,89)(H,82,90)(H,83,92)(H,84,91)(H,93,94)/b49-31-,50-36+,61-37-. The highest BCUT2D eigenvalue weighted by Crippen LogP contribution is 2.50. The lowest BCUT2D eigenvalue weighted by Gasteiger charge is -2.26. The maximum Gasteiger partial charge on any atom is 0.416 e. The maximum absolute atomic E-state index is 15.7. The second-order valence-corrected chi connectivity index (χ2v) is 23.0. The zero-order chi connectivity index (χ0) is 70.6. The van der Waals surface area contributed by atoms with E-state index in [-0.39, 0.29) is 135 Å². The van der Waals surface area contributed by atoms with Crippen LogP contribution in [0.5, 0.6) is 0 Å². The van der Waals surface area contributed by atoms with E-state index in [0.29, 0.717) is 11.1 Å². The molecular weight excluding hydrogens is 1290 g/mol. The predicted octanol–water partition coefficient (Wildman–Crippen LogP) is 10.1. The number of rotatable bonds is 22. The number of alkyl halides is 9. The Kier molecular flexibility index (Phi) is 20.6. The molecule has 6 aromatic rings. The van der Waals surface area contributed by atoms with E-state index in [4.69, 9.17) is 21.3 Å². The number of halogens is 9. The van der Waals surface area contributed by atoms with Crippen molar-refractivity contribution >= 4 is 98.2 Å². The zero-order valence-electron chi connectivity index (χ0n) is 52.1. The molecule has 0 atom stereocenters. The molecule has 3 heterocycles. The molecule has 508 valence electrons. The second kappa shape index (κ2) is 28.4. The fourth-order valence-corrected chi connectivity index (χ4v) is 11.2. The molecule has 0 aliphatic carbocycles. The molecule has 97 heavy (non-hydrogen) atoms. The van der Waals surface area contributed by atoms with Gasteiger partial charge in [0.15, 0.2) is 0 Å². The molecule has 0 fully saturated rings. The first-order chi connectivity index (χ1) is 45.7. The number of primary amides is 2. The van der Waals surface area contributed by atoms with Crippen molar-refractivity contribution in [3.8, 4) is 0 Å². The highest BCUT2D eigenvalue weighted by Gasteiger charge is 2.43. The largest absolute Gasteiger partial charge is 0.481 e. The Morgan fingerprint density at radius 3 is 1.72 bits per heavy atom. The highest BCUT2D eigenvalue weighted by molar-refractivity contribution is 6.36. The number of carbonyl (C=O) groups excluding carboxylic acids is 7. The number of hydrogen-bond acceptors (Lipinski definition) is 13. The van der Waals surface area contributed by atoms with Gasteiger partial charge in [-0.25, -0.2) is 0 Å². The molecule has 11 N–H and O–H groups in total. The minimum atomic E-state index is -5.13. The van der Waals surface area contributed by atoms with Crippen molar-refractivity contribution in [1.82, 2.24) is 32.6 Å². The summed E-state index contributed by atoms with van der Waals surface area (Å²) in [5.74, 6) is -6.73. The number of aryl methyl sites for hydroxylation is 2. The monoisotopic (exact) mass is 1350 g/mol. The van der Waals surface area contributed by atoms with Crippen LogP contribution in [0.1, 0.15) is 119 Å². The summed E-state index contributed by atoms with van der Waals surface area (Å²) < 4.78 is 141. The lowest BCUT2D eigenvalue weighted by molar-refractivity contribution is -0.139. The van der Waals surface area contributed by atoms with Gasteiger partial charge in [0.1, 0.15) is 6.73 Å². The van der Waals surface area contributed by atoms with Crippen LogP contribution >= 0.6 is 0 Å². The van der Waals surface area contributed by atoms with E-state index in [9.17, 15) is 46.7 Å². The number of carboxylic acid groups (broad SMARTS) is 1. The summed E-state index contributed by atoms with van der Waals surface area (Å²) in [7, 11) is 0. The number of carbonyl (C=O) groups is 8. The number of fused-ring (bicyclic) bond motifs is 3. The van der Waals surface area contributed by atoms with Gasteiger partial charge in [0.05, 0.1) is 57.9 Å². The first-order valence-corrected chi connectivity index (χ1v) is 29.7. The average Bonchev–Trinajstić information content (AvgIpc) is 1.51. The Balaban J connectivity index is 1.11. The number of nitrogens with two attached hydrogens (primary N) is 2. The van der Waals surface area contributed by atoms with E-state index < -0.39 is 108 Å². The summed E-state index contributed by atoms with van der Waals surface area (Å²) in [6, 6.07) is 22.9. The number of nitrogens with one attached hydrogen (secondary N) is 6. The van der Waals surface area contributed by atoms with Crippen LogP contribution in [0, 0.1) is 13.8 Å². The molecule has 0 radical (unpaired) electrons. The molecule has 7 amide bonds. The van der Waals surface area contributed by atoms with Crippen molar-refractivity contribution in [2.75, 3.05) is 28.0 Å². The molecule has 30 heteroatoms. The van der Waals surface area contributed by atoms with Gasteiger partial charge in [0, 0.05) is 89.0 Å². The van der Waals surface area contributed by atoms with E-state index >= 15 is 31.1 Å². The van der Waals surface area contributed by atoms with E-state index in [1.807, 2.05) is 0 Å². The quantitative estimate of drug-likeness (QED) is 0.0174. The molecule has 0 saturated carbocycles. The number of carboxylic acids is 1. The van der Waals surface area contributed by atoms with Gasteiger partial charge in [-0.2, -0.15) is 39.5 Å². The van der Waals surface area contributed by atoms with E-state index in [0.717, 1.165) is 58.0 Å². The van der Waals surface area contributed by atoms with Crippen LogP contribution in [0.2, 0.25) is 0 Å². The molecule has 0 unspecified atom stereocenters. The molecule has 21 nitrogen and oxygen atoms in total. The summed E-state index contributed by atoms with van der Waals surface area (Å²) in [5.41, 5.74) is 22.9. The van der Waals surface area contributed by atoms with Crippen LogP contribution in [0.4, 0.5) is 73.6 Å². The maximum atomic E-state index is 15.7. The second-order valence-electron chi connectivity index (χ2n) is 23.0. The number of benzene rings is 6. The van der Waals surface area contributed by atoms with Crippen molar-refractivity contribution in [3.63, 3.8) is 0 Å². The van der Waals surface area contributed by atoms with E-state index in [2.05, 4.69) is 32.6 Å². The first kappa shape index (κ1) is 70.2. The number of nitrogens with zero attached hydrogens (tertiary/aromatic N) is 3. The molecule has 9 rings (SSSR count). The minimum Gasteiger partial charge on any atom is -0.481 e.